The molecule has 1 aromatic carbocycles. The van der Waals surface area contributed by atoms with Crippen LogP contribution >= 0.6 is 15.9 Å². The number of halogens is 4. The second kappa shape index (κ2) is 4.99. The molecule has 0 saturated carbocycles. The summed E-state index contributed by atoms with van der Waals surface area (Å²) in [5, 5.41) is 0. The summed E-state index contributed by atoms with van der Waals surface area (Å²) in [4.78, 5) is 11.2. The average Bonchev–Trinajstić information content (AvgIpc) is 2.26. The van der Waals surface area contributed by atoms with E-state index in [-0.39, 0.29) is 11.3 Å². The Balaban J connectivity index is 3.04. The molecular formula is C11H10BrF3O. The van der Waals surface area contributed by atoms with Crippen LogP contribution in [0.4, 0.5) is 13.2 Å². The van der Waals surface area contributed by atoms with Gasteiger partial charge in [-0.3, -0.25) is 4.79 Å². The van der Waals surface area contributed by atoms with Gasteiger partial charge in [0, 0.05) is 5.56 Å². The third kappa shape index (κ3) is 3.07. The van der Waals surface area contributed by atoms with Crippen molar-refractivity contribution in [1.29, 1.82) is 0 Å². The molecule has 1 nitrogen and oxygen atoms in total. The van der Waals surface area contributed by atoms with Crippen molar-refractivity contribution in [2.24, 2.45) is 0 Å². The Hall–Kier alpha value is -0.840. The summed E-state index contributed by atoms with van der Waals surface area (Å²) in [5.41, 5.74) is -0.715. The van der Waals surface area contributed by atoms with Gasteiger partial charge in [-0.15, -0.1) is 0 Å². The van der Waals surface area contributed by atoms with E-state index in [4.69, 9.17) is 0 Å². The fraction of sp³-hybridized carbons (Fsp3) is 0.364. The number of hydrogen-bond donors (Lipinski definition) is 0. The highest BCUT2D eigenvalue weighted by Crippen LogP contribution is 2.30. The minimum atomic E-state index is -4.41. The van der Waals surface area contributed by atoms with Gasteiger partial charge in [-0.25, -0.2) is 0 Å². The highest BCUT2D eigenvalue weighted by molar-refractivity contribution is 9.10. The Bertz CT molecular complexity index is 387. The molecule has 0 bridgehead atoms. The SMILES string of the molecule is CCC(Br)C(=O)c1cccc(C(F)(F)F)c1. The number of carbonyl (C=O) groups is 1. The predicted molar refractivity (Wildman–Crippen MR) is 58.8 cm³/mol. The van der Waals surface area contributed by atoms with Crippen LogP contribution in [0.2, 0.25) is 0 Å². The third-order valence-corrected chi connectivity index (χ3v) is 3.18. The Kier molecular flexibility index (Phi) is 4.13. The van der Waals surface area contributed by atoms with Crippen molar-refractivity contribution in [3.8, 4) is 0 Å². The predicted octanol–water partition coefficient (Wildman–Crippen LogP) is 4.06. The van der Waals surface area contributed by atoms with Crippen molar-refractivity contribution >= 4 is 21.7 Å². The molecule has 0 heterocycles. The summed E-state index contributed by atoms with van der Waals surface area (Å²) in [6.45, 7) is 1.78. The van der Waals surface area contributed by atoms with E-state index in [1.54, 1.807) is 6.92 Å². The van der Waals surface area contributed by atoms with Crippen LogP contribution in [0.25, 0.3) is 0 Å². The number of rotatable bonds is 3. The lowest BCUT2D eigenvalue weighted by Crippen LogP contribution is -2.14. The topological polar surface area (TPSA) is 17.1 Å². The van der Waals surface area contributed by atoms with Gasteiger partial charge < -0.3 is 0 Å². The maximum Gasteiger partial charge on any atom is 0.416 e. The Morgan fingerprint density at radius 2 is 2.06 bits per heavy atom. The summed E-state index contributed by atoms with van der Waals surface area (Å²) < 4.78 is 37.2. The lowest BCUT2D eigenvalue weighted by molar-refractivity contribution is -0.137. The first-order valence-electron chi connectivity index (χ1n) is 4.71. The maximum atomic E-state index is 12.4. The molecule has 0 saturated heterocycles. The molecule has 1 unspecified atom stereocenters. The van der Waals surface area contributed by atoms with Gasteiger partial charge in [-0.1, -0.05) is 35.0 Å². The Labute approximate surface area is 99.8 Å². The van der Waals surface area contributed by atoms with E-state index in [0.717, 1.165) is 12.1 Å². The molecule has 0 aliphatic carbocycles. The van der Waals surface area contributed by atoms with E-state index in [1.165, 1.54) is 12.1 Å². The summed E-state index contributed by atoms with van der Waals surface area (Å²) in [5.74, 6) is -0.325. The Morgan fingerprint density at radius 3 is 2.56 bits per heavy atom. The summed E-state index contributed by atoms with van der Waals surface area (Å²) in [7, 11) is 0. The third-order valence-electron chi connectivity index (χ3n) is 2.12. The van der Waals surface area contributed by atoms with E-state index >= 15 is 0 Å². The van der Waals surface area contributed by atoms with Gasteiger partial charge in [-0.2, -0.15) is 13.2 Å². The minimum Gasteiger partial charge on any atom is -0.293 e. The van der Waals surface area contributed by atoms with Crippen LogP contribution in [-0.2, 0) is 6.18 Å². The van der Waals surface area contributed by atoms with Gasteiger partial charge in [-0.05, 0) is 18.6 Å². The molecule has 1 atom stereocenters. The molecule has 0 radical (unpaired) electrons. The van der Waals surface area contributed by atoms with Crippen LogP contribution in [0, 0.1) is 0 Å². The molecule has 0 aromatic heterocycles. The van der Waals surface area contributed by atoms with Crippen LogP contribution in [0.1, 0.15) is 29.3 Å². The Morgan fingerprint density at radius 1 is 1.44 bits per heavy atom. The number of Topliss-reactive ketones (excluding diaryl/α,β-unsaturated/α-hetero) is 1. The number of ketones is 1. The fourth-order valence-corrected chi connectivity index (χ4v) is 1.48. The maximum absolute atomic E-state index is 12.4. The lowest BCUT2D eigenvalue weighted by Gasteiger charge is -2.09. The minimum absolute atomic E-state index is 0.0820. The van der Waals surface area contributed by atoms with Crippen molar-refractivity contribution in [3.63, 3.8) is 0 Å². The molecule has 0 N–H and O–H groups in total. The van der Waals surface area contributed by atoms with Gasteiger partial charge in [0.15, 0.2) is 5.78 Å². The lowest BCUT2D eigenvalue weighted by atomic mass is 10.0. The number of alkyl halides is 4. The van der Waals surface area contributed by atoms with Gasteiger partial charge in [0.05, 0.1) is 10.4 Å². The molecule has 5 heteroatoms. The van der Waals surface area contributed by atoms with Crippen molar-refractivity contribution in [1.82, 2.24) is 0 Å². The monoisotopic (exact) mass is 294 g/mol. The van der Waals surface area contributed by atoms with Crippen molar-refractivity contribution < 1.29 is 18.0 Å². The standard InChI is InChI=1S/C11H10BrF3O/c1-2-9(12)10(16)7-4-3-5-8(6-7)11(13,14)15/h3-6,9H,2H2,1H3. The molecule has 16 heavy (non-hydrogen) atoms. The molecule has 0 amide bonds. The van der Waals surface area contributed by atoms with Gasteiger partial charge in [0.1, 0.15) is 0 Å². The highest BCUT2D eigenvalue weighted by atomic mass is 79.9. The zero-order valence-corrected chi connectivity index (χ0v) is 10.1. The normalized spacial score (nSPS) is 13.6. The van der Waals surface area contributed by atoms with E-state index in [1.807, 2.05) is 0 Å². The molecule has 0 fully saturated rings. The summed E-state index contributed by atoms with van der Waals surface area (Å²) >= 11 is 3.12. The van der Waals surface area contributed by atoms with Gasteiger partial charge >= 0.3 is 6.18 Å². The summed E-state index contributed by atoms with van der Waals surface area (Å²) in [6.07, 6.45) is -3.88. The van der Waals surface area contributed by atoms with Crippen LogP contribution in [0.5, 0.6) is 0 Å². The first-order valence-corrected chi connectivity index (χ1v) is 5.63. The molecule has 88 valence electrons. The summed E-state index contributed by atoms with van der Waals surface area (Å²) in [6, 6.07) is 4.46. The number of benzene rings is 1. The van der Waals surface area contributed by atoms with Crippen molar-refractivity contribution in [2.45, 2.75) is 24.3 Å². The number of carbonyl (C=O) groups excluding carboxylic acids is 1. The number of hydrogen-bond acceptors (Lipinski definition) is 1. The zero-order chi connectivity index (χ0) is 12.3. The molecule has 0 spiro atoms. The van der Waals surface area contributed by atoms with E-state index < -0.39 is 16.6 Å². The molecule has 0 aliphatic heterocycles. The molecule has 0 aliphatic rings. The molecular weight excluding hydrogens is 285 g/mol. The fourth-order valence-electron chi connectivity index (χ4n) is 1.22. The average molecular weight is 295 g/mol. The van der Waals surface area contributed by atoms with E-state index in [0.29, 0.717) is 6.42 Å². The first kappa shape index (κ1) is 13.2. The highest BCUT2D eigenvalue weighted by Gasteiger charge is 2.31. The quantitative estimate of drug-likeness (QED) is 0.607. The largest absolute Gasteiger partial charge is 0.416 e. The second-order valence-corrected chi connectivity index (χ2v) is 4.42. The van der Waals surface area contributed by atoms with E-state index in [2.05, 4.69) is 15.9 Å². The van der Waals surface area contributed by atoms with Gasteiger partial charge in [0.2, 0.25) is 0 Å². The first-order chi connectivity index (χ1) is 7.36. The van der Waals surface area contributed by atoms with Crippen LogP contribution in [0.3, 0.4) is 0 Å². The van der Waals surface area contributed by atoms with Crippen molar-refractivity contribution in [3.05, 3.63) is 35.4 Å². The second-order valence-electron chi connectivity index (χ2n) is 3.32. The van der Waals surface area contributed by atoms with E-state index in [9.17, 15) is 18.0 Å². The van der Waals surface area contributed by atoms with Crippen LogP contribution < -0.4 is 0 Å². The smallest absolute Gasteiger partial charge is 0.293 e. The van der Waals surface area contributed by atoms with Crippen LogP contribution in [-0.4, -0.2) is 10.6 Å². The van der Waals surface area contributed by atoms with Crippen LogP contribution in [0.15, 0.2) is 24.3 Å². The van der Waals surface area contributed by atoms with Gasteiger partial charge in [0.25, 0.3) is 0 Å². The molecule has 1 rings (SSSR count). The van der Waals surface area contributed by atoms with Crippen molar-refractivity contribution in [2.75, 3.05) is 0 Å². The molecule has 1 aromatic rings. The zero-order valence-electron chi connectivity index (χ0n) is 8.51.